The topological polar surface area (TPSA) is 108 Å². The molecule has 0 aliphatic rings. The highest BCUT2D eigenvalue weighted by Crippen LogP contribution is 2.27. The van der Waals surface area contributed by atoms with Crippen LogP contribution in [0.5, 0.6) is 0 Å². The maximum absolute atomic E-state index is 13.8. The lowest BCUT2D eigenvalue weighted by atomic mass is 10.2. The molecule has 8 nitrogen and oxygen atoms in total. The first kappa shape index (κ1) is 22.9. The molecule has 0 atom stereocenters. The van der Waals surface area contributed by atoms with Crippen LogP contribution in [0.2, 0.25) is 0 Å². The number of amides is 2. The lowest BCUT2D eigenvalue weighted by Crippen LogP contribution is -2.17. The SMILES string of the molecule is CNC(=O)c1sccc1Nc1nc(Nc2ccc(NC(=O)c3ccccc3F)cc2)ncc1C. The van der Waals surface area contributed by atoms with Gasteiger partial charge in [-0.3, -0.25) is 9.59 Å². The fourth-order valence-corrected chi connectivity index (χ4v) is 3.86. The maximum atomic E-state index is 13.8. The third kappa shape index (κ3) is 5.18. The zero-order valence-corrected chi connectivity index (χ0v) is 19.2. The van der Waals surface area contributed by atoms with E-state index < -0.39 is 11.7 Å². The van der Waals surface area contributed by atoms with Gasteiger partial charge in [0.2, 0.25) is 5.95 Å². The number of nitrogens with one attached hydrogen (secondary N) is 4. The zero-order chi connectivity index (χ0) is 24.1. The van der Waals surface area contributed by atoms with Crippen LogP contribution in [0.15, 0.2) is 66.2 Å². The number of thiophene rings is 1. The molecule has 0 saturated heterocycles. The van der Waals surface area contributed by atoms with Crippen molar-refractivity contribution in [3.8, 4) is 0 Å². The van der Waals surface area contributed by atoms with Crippen molar-refractivity contribution in [1.29, 1.82) is 0 Å². The summed E-state index contributed by atoms with van der Waals surface area (Å²) in [5, 5.41) is 13.4. The molecule has 172 valence electrons. The van der Waals surface area contributed by atoms with E-state index in [1.165, 1.54) is 29.5 Å². The molecule has 2 heterocycles. The van der Waals surface area contributed by atoms with Crippen molar-refractivity contribution < 1.29 is 14.0 Å². The highest BCUT2D eigenvalue weighted by atomic mass is 32.1. The van der Waals surface area contributed by atoms with Gasteiger partial charge >= 0.3 is 0 Å². The summed E-state index contributed by atoms with van der Waals surface area (Å²) in [6.07, 6.45) is 1.67. The minimum absolute atomic E-state index is 0.0250. The molecular weight excluding hydrogens is 455 g/mol. The molecule has 0 saturated carbocycles. The zero-order valence-electron chi connectivity index (χ0n) is 18.3. The predicted molar refractivity (Wildman–Crippen MR) is 132 cm³/mol. The Morgan fingerprint density at radius 3 is 2.41 bits per heavy atom. The van der Waals surface area contributed by atoms with E-state index in [1.54, 1.807) is 43.6 Å². The molecule has 0 aliphatic carbocycles. The van der Waals surface area contributed by atoms with Crippen molar-refractivity contribution in [2.75, 3.05) is 23.0 Å². The third-order valence-corrected chi connectivity index (χ3v) is 5.75. The first-order chi connectivity index (χ1) is 16.4. The molecular formula is C24H21FN6O2S. The summed E-state index contributed by atoms with van der Waals surface area (Å²) in [5.41, 5.74) is 2.66. The summed E-state index contributed by atoms with van der Waals surface area (Å²) < 4.78 is 13.8. The Morgan fingerprint density at radius 2 is 1.68 bits per heavy atom. The molecule has 2 aromatic carbocycles. The summed E-state index contributed by atoms with van der Waals surface area (Å²) >= 11 is 1.33. The van der Waals surface area contributed by atoms with Crippen LogP contribution < -0.4 is 21.3 Å². The van der Waals surface area contributed by atoms with E-state index in [1.807, 2.05) is 18.4 Å². The molecule has 0 spiro atoms. The van der Waals surface area contributed by atoms with Crippen LogP contribution in [-0.4, -0.2) is 28.8 Å². The molecule has 4 rings (SSSR count). The van der Waals surface area contributed by atoms with Crippen molar-refractivity contribution in [3.63, 3.8) is 0 Å². The number of halogens is 1. The molecule has 0 aliphatic heterocycles. The number of aryl methyl sites for hydroxylation is 1. The number of rotatable bonds is 7. The van der Waals surface area contributed by atoms with E-state index in [-0.39, 0.29) is 11.5 Å². The average molecular weight is 477 g/mol. The molecule has 10 heteroatoms. The van der Waals surface area contributed by atoms with Crippen LogP contribution >= 0.6 is 11.3 Å². The second-order valence-corrected chi connectivity index (χ2v) is 8.15. The second-order valence-electron chi connectivity index (χ2n) is 7.23. The summed E-state index contributed by atoms with van der Waals surface area (Å²) in [4.78, 5) is 33.7. The Bertz CT molecular complexity index is 1340. The molecule has 0 bridgehead atoms. The Balaban J connectivity index is 1.45. The Morgan fingerprint density at radius 1 is 0.941 bits per heavy atom. The highest BCUT2D eigenvalue weighted by molar-refractivity contribution is 7.12. The van der Waals surface area contributed by atoms with Crippen LogP contribution in [-0.2, 0) is 0 Å². The van der Waals surface area contributed by atoms with Gasteiger partial charge in [0, 0.05) is 30.2 Å². The number of hydrogen-bond acceptors (Lipinski definition) is 7. The maximum Gasteiger partial charge on any atom is 0.263 e. The van der Waals surface area contributed by atoms with Gasteiger partial charge < -0.3 is 21.3 Å². The van der Waals surface area contributed by atoms with Gasteiger partial charge in [-0.2, -0.15) is 4.98 Å². The van der Waals surface area contributed by atoms with Crippen molar-refractivity contribution in [2.45, 2.75) is 6.92 Å². The number of carbonyl (C=O) groups is 2. The van der Waals surface area contributed by atoms with Gasteiger partial charge in [0.25, 0.3) is 11.8 Å². The van der Waals surface area contributed by atoms with Crippen LogP contribution in [0, 0.1) is 12.7 Å². The Hall–Kier alpha value is -4.31. The monoisotopic (exact) mass is 476 g/mol. The minimum Gasteiger partial charge on any atom is -0.354 e. The van der Waals surface area contributed by atoms with Crippen molar-refractivity contribution >= 4 is 52.0 Å². The fraction of sp³-hybridized carbons (Fsp3) is 0.0833. The molecule has 0 unspecified atom stereocenters. The van der Waals surface area contributed by atoms with Gasteiger partial charge in [-0.1, -0.05) is 12.1 Å². The van der Waals surface area contributed by atoms with Gasteiger partial charge in [0.1, 0.15) is 16.5 Å². The quantitative estimate of drug-likeness (QED) is 0.296. The first-order valence-electron chi connectivity index (χ1n) is 10.3. The van der Waals surface area contributed by atoms with Gasteiger partial charge in [-0.25, -0.2) is 9.37 Å². The highest BCUT2D eigenvalue weighted by Gasteiger charge is 2.14. The number of anilines is 5. The molecule has 2 aromatic heterocycles. The standard InChI is InChI=1S/C24H21FN6O2S/c1-14-13-27-24(31-21(14)30-19-11-12-34-20(19)23(33)26-2)29-16-9-7-15(8-10-16)28-22(32)17-5-3-4-6-18(17)25/h3-13H,1-2H3,(H,26,33)(H,28,32)(H2,27,29,30,31). The summed E-state index contributed by atoms with van der Waals surface area (Å²) in [5.74, 6) is -0.363. The molecule has 2 amide bonds. The number of carbonyl (C=O) groups excluding carboxylic acids is 2. The van der Waals surface area contributed by atoms with Gasteiger partial charge in [-0.05, 0) is 54.8 Å². The fourth-order valence-electron chi connectivity index (χ4n) is 3.06. The van der Waals surface area contributed by atoms with Crippen molar-refractivity contribution in [3.05, 3.63) is 88.0 Å². The van der Waals surface area contributed by atoms with E-state index in [0.29, 0.717) is 33.7 Å². The third-order valence-electron chi connectivity index (χ3n) is 4.84. The molecule has 0 fully saturated rings. The number of nitrogens with zero attached hydrogens (tertiary/aromatic N) is 2. The van der Waals surface area contributed by atoms with E-state index in [2.05, 4.69) is 31.2 Å². The lowest BCUT2D eigenvalue weighted by molar-refractivity contribution is 0.0966. The molecule has 34 heavy (non-hydrogen) atoms. The molecule has 4 aromatic rings. The first-order valence-corrected chi connectivity index (χ1v) is 11.2. The second kappa shape index (κ2) is 10.1. The van der Waals surface area contributed by atoms with Crippen molar-refractivity contribution in [1.82, 2.24) is 15.3 Å². The average Bonchev–Trinajstić information content (AvgIpc) is 3.30. The van der Waals surface area contributed by atoms with Gasteiger partial charge in [0.05, 0.1) is 11.3 Å². The number of benzene rings is 2. The number of aromatic nitrogens is 2. The summed E-state index contributed by atoms with van der Waals surface area (Å²) in [7, 11) is 1.58. The van der Waals surface area contributed by atoms with E-state index in [0.717, 1.165) is 5.56 Å². The van der Waals surface area contributed by atoms with Crippen LogP contribution in [0.25, 0.3) is 0 Å². The smallest absolute Gasteiger partial charge is 0.263 e. The Labute approximate surface area is 199 Å². The van der Waals surface area contributed by atoms with E-state index in [4.69, 9.17) is 0 Å². The minimum atomic E-state index is -0.580. The predicted octanol–water partition coefficient (Wildman–Crippen LogP) is 5.08. The van der Waals surface area contributed by atoms with Crippen LogP contribution in [0.3, 0.4) is 0 Å². The molecule has 0 radical (unpaired) electrons. The summed E-state index contributed by atoms with van der Waals surface area (Å²) in [6.45, 7) is 1.87. The van der Waals surface area contributed by atoms with Crippen LogP contribution in [0.4, 0.5) is 33.2 Å². The summed E-state index contributed by atoms with van der Waals surface area (Å²) in [6, 6.07) is 14.5. The number of hydrogen-bond donors (Lipinski definition) is 4. The molecule has 4 N–H and O–H groups in total. The normalized spacial score (nSPS) is 10.4. The Kier molecular flexibility index (Phi) is 6.79. The largest absolute Gasteiger partial charge is 0.354 e. The van der Waals surface area contributed by atoms with Crippen LogP contribution in [0.1, 0.15) is 25.6 Å². The van der Waals surface area contributed by atoms with E-state index in [9.17, 15) is 14.0 Å². The van der Waals surface area contributed by atoms with Gasteiger partial charge in [0.15, 0.2) is 0 Å². The lowest BCUT2D eigenvalue weighted by Gasteiger charge is -2.12. The van der Waals surface area contributed by atoms with E-state index >= 15 is 0 Å². The van der Waals surface area contributed by atoms with Gasteiger partial charge in [-0.15, -0.1) is 11.3 Å². The van der Waals surface area contributed by atoms with Crippen molar-refractivity contribution in [2.24, 2.45) is 0 Å².